The fourth-order valence-electron chi connectivity index (χ4n) is 1.13. The van der Waals surface area contributed by atoms with E-state index in [0.29, 0.717) is 6.04 Å². The average molecular weight is 167 g/mol. The lowest BCUT2D eigenvalue weighted by molar-refractivity contribution is 0.524. The van der Waals surface area contributed by atoms with E-state index in [1.165, 1.54) is 5.56 Å². The standard InChI is InChI=1S/C9H17N3/c1-7(2)12-6-8(3)9(11-12)5-10-4/h6-7,10H,5H2,1-4H3. The van der Waals surface area contributed by atoms with Gasteiger partial charge in [0.2, 0.25) is 0 Å². The molecule has 0 bridgehead atoms. The van der Waals surface area contributed by atoms with Crippen molar-refractivity contribution in [2.75, 3.05) is 7.05 Å². The summed E-state index contributed by atoms with van der Waals surface area (Å²) in [6.07, 6.45) is 2.09. The van der Waals surface area contributed by atoms with E-state index in [1.54, 1.807) is 0 Å². The number of hydrogen-bond acceptors (Lipinski definition) is 2. The van der Waals surface area contributed by atoms with Gasteiger partial charge in [-0.3, -0.25) is 4.68 Å². The fraction of sp³-hybridized carbons (Fsp3) is 0.667. The van der Waals surface area contributed by atoms with E-state index in [4.69, 9.17) is 0 Å². The molecule has 0 amide bonds. The monoisotopic (exact) mass is 167 g/mol. The smallest absolute Gasteiger partial charge is 0.0791 e. The van der Waals surface area contributed by atoms with Crippen LogP contribution in [0.25, 0.3) is 0 Å². The van der Waals surface area contributed by atoms with E-state index in [-0.39, 0.29) is 0 Å². The summed E-state index contributed by atoms with van der Waals surface area (Å²) >= 11 is 0. The first-order valence-electron chi connectivity index (χ1n) is 4.34. The molecule has 0 aliphatic heterocycles. The Bertz CT molecular complexity index is 250. The van der Waals surface area contributed by atoms with Crippen LogP contribution >= 0.6 is 0 Å². The maximum atomic E-state index is 4.45. The molecule has 0 unspecified atom stereocenters. The Balaban J connectivity index is 2.85. The van der Waals surface area contributed by atoms with Crippen LogP contribution < -0.4 is 5.32 Å². The molecule has 0 saturated carbocycles. The number of rotatable bonds is 3. The van der Waals surface area contributed by atoms with Gasteiger partial charge in [-0.05, 0) is 33.4 Å². The van der Waals surface area contributed by atoms with Crippen LogP contribution in [-0.2, 0) is 6.54 Å². The summed E-state index contributed by atoms with van der Waals surface area (Å²) in [5, 5.41) is 7.55. The fourth-order valence-corrected chi connectivity index (χ4v) is 1.13. The molecule has 0 fully saturated rings. The molecule has 1 aromatic rings. The lowest BCUT2D eigenvalue weighted by Gasteiger charge is -2.03. The van der Waals surface area contributed by atoms with Crippen molar-refractivity contribution in [3.05, 3.63) is 17.5 Å². The highest BCUT2D eigenvalue weighted by Gasteiger charge is 2.05. The lowest BCUT2D eigenvalue weighted by Crippen LogP contribution is -2.08. The van der Waals surface area contributed by atoms with E-state index < -0.39 is 0 Å². The summed E-state index contributed by atoms with van der Waals surface area (Å²) in [6.45, 7) is 7.22. The van der Waals surface area contributed by atoms with Crippen LogP contribution in [0, 0.1) is 6.92 Å². The minimum atomic E-state index is 0.453. The zero-order valence-corrected chi connectivity index (χ0v) is 8.26. The molecule has 1 N–H and O–H groups in total. The molecule has 0 aliphatic carbocycles. The van der Waals surface area contributed by atoms with Crippen molar-refractivity contribution in [3.8, 4) is 0 Å². The quantitative estimate of drug-likeness (QED) is 0.739. The van der Waals surface area contributed by atoms with Crippen molar-refractivity contribution >= 4 is 0 Å². The van der Waals surface area contributed by atoms with Gasteiger partial charge in [0.1, 0.15) is 0 Å². The molecule has 3 heteroatoms. The van der Waals surface area contributed by atoms with Crippen molar-refractivity contribution in [2.24, 2.45) is 0 Å². The molecule has 0 spiro atoms. The van der Waals surface area contributed by atoms with Gasteiger partial charge in [0.25, 0.3) is 0 Å². The molecule has 0 saturated heterocycles. The maximum Gasteiger partial charge on any atom is 0.0791 e. The first kappa shape index (κ1) is 9.26. The van der Waals surface area contributed by atoms with E-state index >= 15 is 0 Å². The third-order valence-corrected chi connectivity index (χ3v) is 1.89. The van der Waals surface area contributed by atoms with Crippen LogP contribution in [0.5, 0.6) is 0 Å². The molecule has 68 valence electrons. The van der Waals surface area contributed by atoms with Gasteiger partial charge in [-0.25, -0.2) is 0 Å². The first-order valence-corrected chi connectivity index (χ1v) is 4.34. The Hall–Kier alpha value is -0.830. The average Bonchev–Trinajstić information content (AvgIpc) is 2.34. The molecule has 3 nitrogen and oxygen atoms in total. The molecular formula is C9H17N3. The highest BCUT2D eigenvalue weighted by molar-refractivity contribution is 5.14. The second-order valence-corrected chi connectivity index (χ2v) is 3.36. The number of hydrogen-bond donors (Lipinski definition) is 1. The van der Waals surface area contributed by atoms with Crippen LogP contribution in [0.3, 0.4) is 0 Å². The summed E-state index contributed by atoms with van der Waals surface area (Å²) in [6, 6.07) is 0.453. The molecule has 1 heterocycles. The van der Waals surface area contributed by atoms with Crippen LogP contribution in [0.15, 0.2) is 6.20 Å². The van der Waals surface area contributed by atoms with Crippen LogP contribution in [0.2, 0.25) is 0 Å². The lowest BCUT2D eigenvalue weighted by atomic mass is 10.3. The zero-order valence-electron chi connectivity index (χ0n) is 8.26. The van der Waals surface area contributed by atoms with Crippen molar-refractivity contribution in [1.82, 2.24) is 15.1 Å². The Morgan fingerprint density at radius 3 is 2.67 bits per heavy atom. The minimum Gasteiger partial charge on any atom is -0.314 e. The van der Waals surface area contributed by atoms with E-state index in [1.807, 2.05) is 11.7 Å². The molecule has 12 heavy (non-hydrogen) atoms. The van der Waals surface area contributed by atoms with Gasteiger partial charge < -0.3 is 5.32 Å². The molecule has 1 rings (SSSR count). The van der Waals surface area contributed by atoms with Gasteiger partial charge in [-0.1, -0.05) is 0 Å². The van der Waals surface area contributed by atoms with Crippen LogP contribution in [-0.4, -0.2) is 16.8 Å². The molecule has 0 aromatic carbocycles. The highest BCUT2D eigenvalue weighted by Crippen LogP contribution is 2.09. The van der Waals surface area contributed by atoms with Gasteiger partial charge in [-0.15, -0.1) is 0 Å². The molecule has 0 radical (unpaired) electrons. The second-order valence-electron chi connectivity index (χ2n) is 3.36. The van der Waals surface area contributed by atoms with Gasteiger partial charge >= 0.3 is 0 Å². The number of nitrogens with zero attached hydrogens (tertiary/aromatic N) is 2. The van der Waals surface area contributed by atoms with Crippen molar-refractivity contribution in [1.29, 1.82) is 0 Å². The summed E-state index contributed by atoms with van der Waals surface area (Å²) < 4.78 is 2.00. The minimum absolute atomic E-state index is 0.453. The summed E-state index contributed by atoms with van der Waals surface area (Å²) in [7, 11) is 1.94. The third kappa shape index (κ3) is 1.85. The molecular weight excluding hydrogens is 150 g/mol. The highest BCUT2D eigenvalue weighted by atomic mass is 15.3. The Labute approximate surface area is 73.8 Å². The van der Waals surface area contributed by atoms with E-state index in [2.05, 4.69) is 37.4 Å². The van der Waals surface area contributed by atoms with Crippen molar-refractivity contribution in [2.45, 2.75) is 33.4 Å². The topological polar surface area (TPSA) is 29.9 Å². The largest absolute Gasteiger partial charge is 0.314 e. The third-order valence-electron chi connectivity index (χ3n) is 1.89. The number of nitrogens with one attached hydrogen (secondary N) is 1. The SMILES string of the molecule is CNCc1nn(C(C)C)cc1C. The maximum absolute atomic E-state index is 4.45. The Morgan fingerprint density at radius 2 is 2.25 bits per heavy atom. The van der Waals surface area contributed by atoms with Crippen molar-refractivity contribution < 1.29 is 0 Å². The Morgan fingerprint density at radius 1 is 1.58 bits per heavy atom. The van der Waals surface area contributed by atoms with Crippen LogP contribution in [0.1, 0.15) is 31.1 Å². The van der Waals surface area contributed by atoms with Crippen molar-refractivity contribution in [3.63, 3.8) is 0 Å². The van der Waals surface area contributed by atoms with Crippen LogP contribution in [0.4, 0.5) is 0 Å². The Kier molecular flexibility index (Phi) is 2.87. The van der Waals surface area contributed by atoms with Gasteiger partial charge in [0, 0.05) is 18.8 Å². The number of aromatic nitrogens is 2. The van der Waals surface area contributed by atoms with Gasteiger partial charge in [0.05, 0.1) is 5.69 Å². The molecule has 0 atom stereocenters. The van der Waals surface area contributed by atoms with E-state index in [9.17, 15) is 0 Å². The summed E-state index contributed by atoms with van der Waals surface area (Å²) in [5.74, 6) is 0. The predicted molar refractivity (Wildman–Crippen MR) is 50.1 cm³/mol. The predicted octanol–water partition coefficient (Wildman–Crippen LogP) is 1.49. The zero-order chi connectivity index (χ0) is 9.14. The summed E-state index contributed by atoms with van der Waals surface area (Å²) in [4.78, 5) is 0. The van der Waals surface area contributed by atoms with Gasteiger partial charge in [-0.2, -0.15) is 5.10 Å². The van der Waals surface area contributed by atoms with E-state index in [0.717, 1.165) is 12.2 Å². The molecule has 1 aromatic heterocycles. The number of aryl methyl sites for hydroxylation is 1. The summed E-state index contributed by atoms with van der Waals surface area (Å²) in [5.41, 5.74) is 2.41. The second kappa shape index (κ2) is 3.72. The molecule has 0 aliphatic rings. The normalized spacial score (nSPS) is 11.1. The first-order chi connectivity index (χ1) is 5.65. The van der Waals surface area contributed by atoms with Gasteiger partial charge in [0.15, 0.2) is 0 Å².